The molecule has 0 atom stereocenters. The lowest BCUT2D eigenvalue weighted by atomic mass is 9.90. The summed E-state index contributed by atoms with van der Waals surface area (Å²) in [4.78, 5) is 53.3. The Morgan fingerprint density at radius 2 is 0.835 bits per heavy atom. The van der Waals surface area contributed by atoms with Crippen molar-refractivity contribution in [3.8, 4) is 5.75 Å². The number of aryl methyl sites for hydroxylation is 1. The minimum Gasteiger partial charge on any atom is -0.478 e. The first-order valence-corrected chi connectivity index (χ1v) is 36.3. The number of carboxylic acids is 1. The van der Waals surface area contributed by atoms with Gasteiger partial charge >= 0.3 is 33.5 Å². The molecule has 5 aromatic rings. The maximum absolute atomic E-state index is 13.0. The lowest BCUT2D eigenvalue weighted by Gasteiger charge is -2.17. The van der Waals surface area contributed by atoms with E-state index in [9.17, 15) is 79.5 Å². The van der Waals surface area contributed by atoms with E-state index < -0.39 is 89.8 Å². The van der Waals surface area contributed by atoms with Crippen molar-refractivity contribution in [2.24, 2.45) is 0 Å². The quantitative estimate of drug-likeness (QED) is 0.0348. The number of benzene rings is 4. The fourth-order valence-corrected chi connectivity index (χ4v) is 15.3. The molecule has 32 heteroatoms. The minimum absolute atomic E-state index is 0.0293. The van der Waals surface area contributed by atoms with Crippen LogP contribution in [-0.2, 0) is 66.1 Å². The second-order valence-electron chi connectivity index (χ2n) is 22.2. The predicted octanol–water partition coefficient (Wildman–Crippen LogP) is 9.41. The predicted molar refractivity (Wildman–Crippen MR) is 333 cm³/mol. The van der Waals surface area contributed by atoms with E-state index in [2.05, 4.69) is 13.9 Å². The average molecular weight is 1390 g/mol. The van der Waals surface area contributed by atoms with Gasteiger partial charge in [-0.1, -0.05) is 56.7 Å². The van der Waals surface area contributed by atoms with Gasteiger partial charge in [-0.15, -0.1) is 11.3 Å². The molecule has 1 N–H and O–H groups in total. The molecule has 4 aromatic carbocycles. The molecular weight excluding hydrogens is 1320 g/mol. The molecule has 3 fully saturated rings. The lowest BCUT2D eigenvalue weighted by Crippen LogP contribution is -2.29. The Bertz CT molecular complexity index is 4050. The third-order valence-corrected chi connectivity index (χ3v) is 24.5. The Balaban J connectivity index is 0.000000222. The number of hydrogen-bond donors (Lipinski definition) is 1. The Morgan fingerprint density at radius 3 is 1.16 bits per heavy atom. The first kappa shape index (κ1) is 75.5. The van der Waals surface area contributed by atoms with Crippen LogP contribution in [0.15, 0.2) is 98.6 Å². The van der Waals surface area contributed by atoms with Crippen LogP contribution in [0.2, 0.25) is 0 Å². The molecule has 8 rings (SSSR count). The van der Waals surface area contributed by atoms with E-state index in [1.165, 1.54) is 97.3 Å². The Kier molecular flexibility index (Phi) is 25.8. The van der Waals surface area contributed by atoms with Crippen molar-refractivity contribution in [2.75, 3.05) is 70.6 Å². The van der Waals surface area contributed by atoms with E-state index >= 15 is 0 Å². The molecule has 0 bridgehead atoms. The van der Waals surface area contributed by atoms with Crippen LogP contribution in [0.4, 0.5) is 13.2 Å². The lowest BCUT2D eigenvalue weighted by molar-refractivity contribution is -0.0500. The normalized spacial score (nSPS) is 15.4. The van der Waals surface area contributed by atoms with E-state index in [1.54, 1.807) is 36.5 Å². The molecule has 0 radical (unpaired) electrons. The van der Waals surface area contributed by atoms with Crippen molar-refractivity contribution in [1.29, 1.82) is 0 Å². The molecule has 91 heavy (non-hydrogen) atoms. The number of carbonyl (C=O) groups is 4. The van der Waals surface area contributed by atoms with Crippen LogP contribution >= 0.6 is 11.3 Å². The van der Waals surface area contributed by atoms with E-state index in [0.29, 0.717) is 35.1 Å². The van der Waals surface area contributed by atoms with Crippen molar-refractivity contribution in [3.05, 3.63) is 128 Å². The highest BCUT2D eigenvalue weighted by molar-refractivity contribution is 7.90. The van der Waals surface area contributed by atoms with Crippen molar-refractivity contribution in [3.63, 3.8) is 0 Å². The summed E-state index contributed by atoms with van der Waals surface area (Å²) in [6.45, 7) is 1.96. The summed E-state index contributed by atoms with van der Waals surface area (Å²) in [6, 6.07) is 16.3. The standard InChI is InChI=1S/C19H24N2O3S2.C15H21NO4S.C14H19NO4S.C11H12F3NO7S2/c1-13-12-20-19(25-13)11-18(22)17-10-15(26(23,24)21(2)3)8-9-16(17)14-6-4-5-7-14;1-16(2)21(18,19)12-8-9-13(11-6-4-5-7-11)14(10-12)15(17)20-3;1-15(2)20(18,19)11-7-8-12(10-5-3-4-6-10)13(9-11)14(16)17;1-15(2)23(17,18)7-4-5-9(8(6-7)10(16)21-3)22-24(19,20)11(12,13)14/h8-10,12,14H,4-7,11H2,1-3H3;8-11H,4-7H2,1-3H3;7-10H,3-6H2,1-2H3,(H,16,17);4-6H,1-3H3. The van der Waals surface area contributed by atoms with Gasteiger partial charge < -0.3 is 18.8 Å². The smallest absolute Gasteiger partial charge is 0.478 e. The van der Waals surface area contributed by atoms with Gasteiger partial charge in [-0.3, -0.25) is 4.79 Å². The number of ketones is 1. The molecule has 0 saturated heterocycles. The highest BCUT2D eigenvalue weighted by Gasteiger charge is 2.49. The van der Waals surface area contributed by atoms with E-state index in [4.69, 9.17) is 4.74 Å². The number of methoxy groups -OCH3 is 2. The van der Waals surface area contributed by atoms with Gasteiger partial charge in [0.15, 0.2) is 11.5 Å². The van der Waals surface area contributed by atoms with Crippen LogP contribution in [0.5, 0.6) is 5.75 Å². The van der Waals surface area contributed by atoms with E-state index in [1.807, 2.05) is 13.0 Å². The maximum Gasteiger partial charge on any atom is 0.534 e. The number of halogens is 3. The molecule has 3 saturated carbocycles. The summed E-state index contributed by atoms with van der Waals surface area (Å²) in [7, 11) is -7.45. The summed E-state index contributed by atoms with van der Waals surface area (Å²) >= 11 is 1.51. The molecular formula is C59H76F3N5O18S6. The zero-order valence-corrected chi connectivity index (χ0v) is 57.0. The SMILES string of the molecule is CN(C)S(=O)(=O)c1ccc(C2CCCC2)c(C(=O)O)c1.COC(=O)c1cc(S(=O)(=O)N(C)C)ccc1C1CCCC1.COC(=O)c1cc(S(=O)(=O)N(C)C)ccc1OS(=O)(=O)C(F)(F)F.Cc1cnc(CC(=O)c2cc(S(=O)(=O)N(C)C)ccc2C2CCCC2)s1. The number of carbonyl (C=O) groups excluding carboxylic acids is 3. The second kappa shape index (κ2) is 31.1. The van der Waals surface area contributed by atoms with Gasteiger partial charge in [0, 0.05) is 73.0 Å². The third kappa shape index (κ3) is 18.5. The average Bonchev–Trinajstić information content (AvgIpc) is 1.39. The summed E-state index contributed by atoms with van der Waals surface area (Å²) in [5.41, 5.74) is -2.87. The number of rotatable bonds is 19. The topological polar surface area (TPSA) is 313 Å². The highest BCUT2D eigenvalue weighted by Crippen LogP contribution is 2.40. The zero-order chi connectivity index (χ0) is 68.4. The van der Waals surface area contributed by atoms with E-state index in [-0.39, 0.29) is 38.4 Å². The summed E-state index contributed by atoms with van der Waals surface area (Å²) in [5, 5.41) is 10.1. The number of alkyl halides is 3. The first-order valence-electron chi connectivity index (χ1n) is 28.4. The number of thiazole rings is 1. The molecule has 0 aliphatic heterocycles. The molecule has 3 aliphatic rings. The van der Waals surface area contributed by atoms with Crippen molar-refractivity contribution >= 4 is 85.2 Å². The number of esters is 2. The van der Waals surface area contributed by atoms with Crippen LogP contribution in [0.1, 0.15) is 163 Å². The fraction of sp³-hybridized carbons (Fsp3) is 0.475. The van der Waals surface area contributed by atoms with Gasteiger partial charge in [0.05, 0.1) is 51.3 Å². The molecule has 3 aliphatic carbocycles. The largest absolute Gasteiger partial charge is 0.534 e. The summed E-state index contributed by atoms with van der Waals surface area (Å²) in [5.74, 6) is -3.02. The maximum atomic E-state index is 13.0. The molecule has 1 heterocycles. The first-order chi connectivity index (χ1) is 42.2. The van der Waals surface area contributed by atoms with Gasteiger partial charge in [-0.25, -0.2) is 70.3 Å². The van der Waals surface area contributed by atoms with Crippen LogP contribution in [0, 0.1) is 6.92 Å². The van der Waals surface area contributed by atoms with E-state index in [0.717, 1.165) is 130 Å². The summed E-state index contributed by atoms with van der Waals surface area (Å²) in [6.07, 6.45) is 14.9. The molecule has 0 amide bonds. The number of hydrogen-bond acceptors (Lipinski definition) is 19. The van der Waals surface area contributed by atoms with Crippen molar-refractivity contribution < 1.29 is 93.2 Å². The Labute approximate surface area is 534 Å². The number of ether oxygens (including phenoxy) is 2. The van der Waals surface area contributed by atoms with Crippen LogP contribution < -0.4 is 4.18 Å². The van der Waals surface area contributed by atoms with Gasteiger partial charge in [0.25, 0.3) is 0 Å². The van der Waals surface area contributed by atoms with Gasteiger partial charge in [-0.2, -0.15) is 21.6 Å². The number of carboxylic acid groups (broad SMARTS) is 1. The monoisotopic (exact) mass is 1390 g/mol. The Hall–Kier alpha value is -6.23. The van der Waals surface area contributed by atoms with Gasteiger partial charge in [0.2, 0.25) is 40.1 Å². The molecule has 23 nitrogen and oxygen atoms in total. The second-order valence-corrected chi connectivity index (χ2v) is 33.7. The van der Waals surface area contributed by atoms with Crippen LogP contribution in [-0.4, -0.2) is 169 Å². The molecule has 0 spiro atoms. The number of sulfonamides is 4. The molecule has 1 aromatic heterocycles. The number of aromatic nitrogens is 1. The summed E-state index contributed by atoms with van der Waals surface area (Å²) < 4.78 is 174. The van der Waals surface area contributed by atoms with Gasteiger partial charge in [0.1, 0.15) is 10.6 Å². The van der Waals surface area contributed by atoms with Crippen molar-refractivity contribution in [2.45, 2.75) is 133 Å². The van der Waals surface area contributed by atoms with Crippen molar-refractivity contribution in [1.82, 2.24) is 22.2 Å². The highest BCUT2D eigenvalue weighted by atomic mass is 32.2. The fourth-order valence-electron chi connectivity index (χ4n) is 10.3. The Morgan fingerprint density at radius 1 is 0.516 bits per heavy atom. The minimum atomic E-state index is -6.05. The van der Waals surface area contributed by atoms with Crippen LogP contribution in [0.3, 0.4) is 0 Å². The molecule has 502 valence electrons. The number of aromatic carboxylic acids is 1. The van der Waals surface area contributed by atoms with Gasteiger partial charge in [-0.05, 0) is 134 Å². The van der Waals surface area contributed by atoms with Crippen LogP contribution in [0.25, 0.3) is 0 Å². The number of nitrogens with zero attached hydrogens (tertiary/aromatic N) is 5. The number of Topliss-reactive ketones (excluding diaryl/α,β-unsaturated/α-hetero) is 1. The third-order valence-electron chi connectivity index (χ3n) is 15.3. The zero-order valence-electron chi connectivity index (χ0n) is 52.1. The molecule has 0 unspecified atom stereocenters.